The van der Waals surface area contributed by atoms with E-state index in [2.05, 4.69) is 0 Å². The summed E-state index contributed by atoms with van der Waals surface area (Å²) in [5.41, 5.74) is 0.932. The van der Waals surface area contributed by atoms with Gasteiger partial charge in [0, 0.05) is 13.0 Å². The van der Waals surface area contributed by atoms with Crippen LogP contribution in [0.1, 0.15) is 26.3 Å². The molecule has 0 unspecified atom stereocenters. The molecule has 0 heterocycles. The third kappa shape index (κ3) is 9.70. The summed E-state index contributed by atoms with van der Waals surface area (Å²) in [7, 11) is 1.62. The van der Waals surface area contributed by atoms with Gasteiger partial charge in [-0.25, -0.2) is 4.79 Å². The molecule has 0 saturated heterocycles. The smallest absolute Gasteiger partial charge is 0.331 e. The molecule has 1 aromatic rings. The molecule has 5 nitrogen and oxygen atoms in total. The van der Waals surface area contributed by atoms with Crippen LogP contribution in [0.3, 0.4) is 0 Å². The predicted octanol–water partition coefficient (Wildman–Crippen LogP) is 2.75. The fraction of sp³-hybridized carbons (Fsp3) is 0.333. The van der Waals surface area contributed by atoms with Crippen LogP contribution in [-0.2, 0) is 14.3 Å². The summed E-state index contributed by atoms with van der Waals surface area (Å²) in [6.07, 6.45) is 3.04. The number of carbonyl (C=O) groups excluding carboxylic acids is 1. The summed E-state index contributed by atoms with van der Waals surface area (Å²) in [4.78, 5) is 20.2. The van der Waals surface area contributed by atoms with Crippen LogP contribution in [0.5, 0.6) is 5.75 Å². The second kappa shape index (κ2) is 9.61. The number of hydrogen-bond donors (Lipinski definition) is 1. The lowest BCUT2D eigenvalue weighted by Crippen LogP contribution is -2.08. The highest BCUT2D eigenvalue weighted by molar-refractivity contribution is 5.87. The van der Waals surface area contributed by atoms with Crippen molar-refractivity contribution in [3.63, 3.8) is 0 Å². The molecule has 0 radical (unpaired) electrons. The zero-order valence-corrected chi connectivity index (χ0v) is 12.1. The molecular formula is C15H20O5. The van der Waals surface area contributed by atoms with Crippen molar-refractivity contribution in [2.45, 2.75) is 26.9 Å². The summed E-state index contributed by atoms with van der Waals surface area (Å²) in [6, 6.07) is 7.43. The molecule has 0 bridgehead atoms. The lowest BCUT2D eigenvalue weighted by atomic mass is 10.2. The minimum atomic E-state index is -0.833. The second-order valence-corrected chi connectivity index (χ2v) is 4.11. The highest BCUT2D eigenvalue weighted by atomic mass is 16.5. The predicted molar refractivity (Wildman–Crippen MR) is 76.6 cm³/mol. The van der Waals surface area contributed by atoms with Crippen LogP contribution in [0.4, 0.5) is 0 Å². The first-order chi connectivity index (χ1) is 9.35. The number of aliphatic carboxylic acids is 1. The van der Waals surface area contributed by atoms with E-state index in [-0.39, 0.29) is 12.1 Å². The van der Waals surface area contributed by atoms with Gasteiger partial charge < -0.3 is 14.6 Å². The van der Waals surface area contributed by atoms with Crippen LogP contribution in [0.15, 0.2) is 30.3 Å². The van der Waals surface area contributed by atoms with Gasteiger partial charge >= 0.3 is 5.97 Å². The number of ether oxygens (including phenoxy) is 2. The van der Waals surface area contributed by atoms with Crippen molar-refractivity contribution >= 4 is 18.0 Å². The number of carboxylic acid groups (broad SMARTS) is 1. The number of esters is 1. The number of carboxylic acids is 1. The first kappa shape index (κ1) is 17.7. The number of methoxy groups -OCH3 is 1. The first-order valence-electron chi connectivity index (χ1n) is 6.07. The van der Waals surface area contributed by atoms with Gasteiger partial charge in [0.05, 0.1) is 13.2 Å². The molecule has 0 aliphatic carbocycles. The zero-order valence-electron chi connectivity index (χ0n) is 12.1. The van der Waals surface area contributed by atoms with Crippen LogP contribution in [0.25, 0.3) is 6.08 Å². The van der Waals surface area contributed by atoms with E-state index >= 15 is 0 Å². The van der Waals surface area contributed by atoms with Crippen LogP contribution >= 0.6 is 0 Å². The van der Waals surface area contributed by atoms with E-state index in [0.29, 0.717) is 0 Å². The summed E-state index contributed by atoms with van der Waals surface area (Å²) < 4.78 is 10.00. The summed E-state index contributed by atoms with van der Waals surface area (Å²) in [5, 5.41) is 7.42. The lowest BCUT2D eigenvalue weighted by Gasteiger charge is -2.04. The standard InChI is InChI=1S/C13H16O3.C2H4O2/c1-10(2)16-13(14)9-6-11-4-7-12(15-3)8-5-11;1-2(3)4/h4-10H,1-3H3;1H3,(H,3,4)/b9-6+;. The topological polar surface area (TPSA) is 72.8 Å². The third-order valence-corrected chi connectivity index (χ3v) is 1.88. The summed E-state index contributed by atoms with van der Waals surface area (Å²) in [5.74, 6) is -0.368. The normalized spacial score (nSPS) is 9.85. The van der Waals surface area contributed by atoms with Gasteiger partial charge in [-0.2, -0.15) is 0 Å². The van der Waals surface area contributed by atoms with Gasteiger partial charge in [-0.05, 0) is 37.6 Å². The molecule has 20 heavy (non-hydrogen) atoms. The Balaban J connectivity index is 0.000000796. The summed E-state index contributed by atoms with van der Waals surface area (Å²) in [6.45, 7) is 4.72. The Kier molecular flexibility index (Phi) is 8.50. The molecule has 5 heteroatoms. The van der Waals surface area contributed by atoms with E-state index in [1.54, 1.807) is 13.2 Å². The second-order valence-electron chi connectivity index (χ2n) is 4.11. The fourth-order valence-corrected chi connectivity index (χ4v) is 1.15. The van der Waals surface area contributed by atoms with Crippen LogP contribution in [0, 0.1) is 0 Å². The van der Waals surface area contributed by atoms with Gasteiger partial charge in [0.1, 0.15) is 5.75 Å². The van der Waals surface area contributed by atoms with Crippen molar-refractivity contribution in [2.24, 2.45) is 0 Å². The molecule has 1 N–H and O–H groups in total. The Hall–Kier alpha value is -2.30. The van der Waals surface area contributed by atoms with Gasteiger partial charge in [0.15, 0.2) is 0 Å². The van der Waals surface area contributed by atoms with E-state index in [4.69, 9.17) is 19.4 Å². The van der Waals surface area contributed by atoms with Crippen molar-refractivity contribution in [3.8, 4) is 5.75 Å². The van der Waals surface area contributed by atoms with Crippen LogP contribution < -0.4 is 4.74 Å². The van der Waals surface area contributed by atoms with Crippen molar-refractivity contribution < 1.29 is 24.2 Å². The highest BCUT2D eigenvalue weighted by Gasteiger charge is 1.99. The molecule has 0 saturated carbocycles. The molecule has 1 rings (SSSR count). The molecule has 1 aromatic carbocycles. The van der Waals surface area contributed by atoms with Gasteiger partial charge in [-0.15, -0.1) is 0 Å². The molecular weight excluding hydrogens is 260 g/mol. The van der Waals surface area contributed by atoms with Gasteiger partial charge in [-0.1, -0.05) is 12.1 Å². The highest BCUT2D eigenvalue weighted by Crippen LogP contribution is 2.12. The molecule has 0 aliphatic heterocycles. The Morgan fingerprint density at radius 2 is 1.70 bits per heavy atom. The van der Waals surface area contributed by atoms with Crippen molar-refractivity contribution in [1.82, 2.24) is 0 Å². The minimum absolute atomic E-state index is 0.0898. The Morgan fingerprint density at radius 1 is 1.20 bits per heavy atom. The van der Waals surface area contributed by atoms with Crippen molar-refractivity contribution in [3.05, 3.63) is 35.9 Å². The van der Waals surface area contributed by atoms with Gasteiger partial charge in [-0.3, -0.25) is 4.79 Å². The molecule has 0 aliphatic rings. The quantitative estimate of drug-likeness (QED) is 0.678. The van der Waals surface area contributed by atoms with Crippen molar-refractivity contribution in [2.75, 3.05) is 7.11 Å². The average Bonchev–Trinajstić information content (AvgIpc) is 2.35. The van der Waals surface area contributed by atoms with Crippen LogP contribution in [-0.4, -0.2) is 30.3 Å². The fourth-order valence-electron chi connectivity index (χ4n) is 1.15. The Labute approximate surface area is 118 Å². The maximum absolute atomic E-state index is 11.2. The molecule has 0 atom stereocenters. The van der Waals surface area contributed by atoms with Gasteiger partial charge in [0.2, 0.25) is 0 Å². The van der Waals surface area contributed by atoms with E-state index in [0.717, 1.165) is 18.2 Å². The van der Waals surface area contributed by atoms with E-state index in [1.807, 2.05) is 38.1 Å². The number of carbonyl (C=O) groups is 2. The third-order valence-electron chi connectivity index (χ3n) is 1.88. The average molecular weight is 280 g/mol. The molecule has 0 amide bonds. The van der Waals surface area contributed by atoms with Gasteiger partial charge in [0.25, 0.3) is 5.97 Å². The Bertz CT molecular complexity index is 442. The number of rotatable bonds is 4. The largest absolute Gasteiger partial charge is 0.497 e. The molecule has 0 spiro atoms. The minimum Gasteiger partial charge on any atom is -0.497 e. The van der Waals surface area contributed by atoms with Crippen LogP contribution in [0.2, 0.25) is 0 Å². The molecule has 0 fully saturated rings. The summed E-state index contributed by atoms with van der Waals surface area (Å²) >= 11 is 0. The lowest BCUT2D eigenvalue weighted by molar-refractivity contribution is -0.141. The SMILES string of the molecule is CC(=O)O.COc1ccc(/C=C/C(=O)OC(C)C)cc1. The number of benzene rings is 1. The monoisotopic (exact) mass is 280 g/mol. The van der Waals surface area contributed by atoms with E-state index < -0.39 is 5.97 Å². The molecule has 110 valence electrons. The Morgan fingerprint density at radius 3 is 2.10 bits per heavy atom. The van der Waals surface area contributed by atoms with Crippen molar-refractivity contribution in [1.29, 1.82) is 0 Å². The first-order valence-corrected chi connectivity index (χ1v) is 6.07. The number of hydrogen-bond acceptors (Lipinski definition) is 4. The van der Waals surface area contributed by atoms with E-state index in [9.17, 15) is 4.79 Å². The molecule has 0 aromatic heterocycles. The van der Waals surface area contributed by atoms with E-state index in [1.165, 1.54) is 6.08 Å². The maximum atomic E-state index is 11.2. The zero-order chi connectivity index (χ0) is 15.5. The maximum Gasteiger partial charge on any atom is 0.331 e.